The zero-order chi connectivity index (χ0) is 17.9. The molecule has 0 saturated carbocycles. The normalized spacial score (nSPS) is 23.3. The quantitative estimate of drug-likeness (QED) is 0.906. The van der Waals surface area contributed by atoms with E-state index in [-0.39, 0.29) is 17.9 Å². The number of aromatic nitrogens is 1. The maximum absolute atomic E-state index is 13.2. The van der Waals surface area contributed by atoms with Crippen molar-refractivity contribution in [2.75, 3.05) is 44.3 Å². The number of ether oxygens (including phenoxy) is 1. The zero-order valence-electron chi connectivity index (χ0n) is 14.8. The Hall–Kier alpha value is -2.44. The molecule has 0 spiro atoms. The average Bonchev–Trinajstić information content (AvgIpc) is 3.10. The third-order valence-corrected chi connectivity index (χ3v) is 5.21. The molecule has 0 aliphatic carbocycles. The minimum atomic E-state index is -0.0511. The second-order valence-corrected chi connectivity index (χ2v) is 6.87. The highest BCUT2D eigenvalue weighted by Gasteiger charge is 2.35. The number of morpholine rings is 1. The first-order chi connectivity index (χ1) is 12.7. The molecule has 1 amide bonds. The van der Waals surface area contributed by atoms with Crippen molar-refractivity contribution in [1.29, 1.82) is 0 Å². The maximum atomic E-state index is 13.2. The number of amides is 1. The Kier molecular flexibility index (Phi) is 4.86. The molecule has 0 unspecified atom stereocenters. The molecule has 4 rings (SSSR count). The molecule has 26 heavy (non-hydrogen) atoms. The van der Waals surface area contributed by atoms with Crippen LogP contribution < -0.4 is 10.6 Å². The lowest BCUT2D eigenvalue weighted by molar-refractivity contribution is 0.0788. The molecular formula is C20H24N4O2. The van der Waals surface area contributed by atoms with E-state index in [2.05, 4.69) is 22.0 Å². The van der Waals surface area contributed by atoms with Crippen molar-refractivity contribution in [3.05, 3.63) is 59.8 Å². The standard InChI is InChI=1S/C20H24N4O2/c21-18-14-24(13-17(18)15-5-2-1-3-6-15)20(25)16-7-4-8-22-19(16)23-9-11-26-12-10-23/h1-8,17-18H,9-14,21H2/t17-,18+/m0/s1. The zero-order valence-corrected chi connectivity index (χ0v) is 14.8. The number of hydrogen-bond donors (Lipinski definition) is 1. The van der Waals surface area contributed by atoms with Gasteiger partial charge in [0.05, 0.1) is 18.8 Å². The van der Waals surface area contributed by atoms with Crippen molar-refractivity contribution < 1.29 is 9.53 Å². The summed E-state index contributed by atoms with van der Waals surface area (Å²) in [7, 11) is 0. The molecule has 2 fully saturated rings. The fourth-order valence-electron chi connectivity index (χ4n) is 3.81. The van der Waals surface area contributed by atoms with Crippen LogP contribution in [0, 0.1) is 0 Å². The minimum Gasteiger partial charge on any atom is -0.378 e. The Morgan fingerprint density at radius 2 is 1.85 bits per heavy atom. The fourth-order valence-corrected chi connectivity index (χ4v) is 3.81. The highest BCUT2D eigenvalue weighted by Crippen LogP contribution is 2.29. The van der Waals surface area contributed by atoms with E-state index in [4.69, 9.17) is 10.5 Å². The molecule has 0 radical (unpaired) electrons. The Labute approximate surface area is 153 Å². The summed E-state index contributed by atoms with van der Waals surface area (Å²) in [5, 5.41) is 0. The van der Waals surface area contributed by atoms with Crippen LogP contribution in [0.1, 0.15) is 21.8 Å². The lowest BCUT2D eigenvalue weighted by atomic mass is 9.95. The Bertz CT molecular complexity index is 761. The van der Waals surface area contributed by atoms with Gasteiger partial charge in [-0.2, -0.15) is 0 Å². The number of pyridine rings is 1. The van der Waals surface area contributed by atoms with Gasteiger partial charge < -0.3 is 20.3 Å². The highest BCUT2D eigenvalue weighted by molar-refractivity contribution is 5.99. The van der Waals surface area contributed by atoms with Gasteiger partial charge in [-0.3, -0.25) is 4.79 Å². The molecule has 2 aliphatic rings. The van der Waals surface area contributed by atoms with Crippen LogP contribution in [-0.2, 0) is 4.74 Å². The number of benzene rings is 1. The van der Waals surface area contributed by atoms with Gasteiger partial charge in [0.25, 0.3) is 5.91 Å². The third-order valence-electron chi connectivity index (χ3n) is 5.21. The van der Waals surface area contributed by atoms with Gasteiger partial charge >= 0.3 is 0 Å². The van der Waals surface area contributed by atoms with E-state index in [0.717, 1.165) is 18.9 Å². The summed E-state index contributed by atoms with van der Waals surface area (Å²) in [6.45, 7) is 4.04. The molecular weight excluding hydrogens is 328 g/mol. The molecule has 2 aliphatic heterocycles. The van der Waals surface area contributed by atoms with Crippen LogP contribution in [0.2, 0.25) is 0 Å². The lowest BCUT2D eigenvalue weighted by Crippen LogP contribution is -2.39. The fraction of sp³-hybridized carbons (Fsp3) is 0.400. The SMILES string of the molecule is N[C@@H]1CN(C(=O)c2cccnc2N2CCOCC2)C[C@H]1c1ccccc1. The first kappa shape index (κ1) is 17.0. The summed E-state index contributed by atoms with van der Waals surface area (Å²) in [4.78, 5) is 21.7. The molecule has 2 saturated heterocycles. The third kappa shape index (κ3) is 3.30. The van der Waals surface area contributed by atoms with Crippen molar-refractivity contribution in [1.82, 2.24) is 9.88 Å². The monoisotopic (exact) mass is 352 g/mol. The number of likely N-dealkylation sites (tertiary alicyclic amines) is 1. The number of carbonyl (C=O) groups is 1. The van der Waals surface area contributed by atoms with Crippen LogP contribution in [0.4, 0.5) is 5.82 Å². The van der Waals surface area contributed by atoms with Crippen LogP contribution in [0.3, 0.4) is 0 Å². The Morgan fingerprint density at radius 3 is 2.62 bits per heavy atom. The van der Waals surface area contributed by atoms with Crippen LogP contribution in [0.15, 0.2) is 48.7 Å². The van der Waals surface area contributed by atoms with E-state index in [1.807, 2.05) is 35.2 Å². The molecule has 2 atom stereocenters. The summed E-state index contributed by atoms with van der Waals surface area (Å²) >= 11 is 0. The van der Waals surface area contributed by atoms with Crippen LogP contribution >= 0.6 is 0 Å². The number of hydrogen-bond acceptors (Lipinski definition) is 5. The summed E-state index contributed by atoms with van der Waals surface area (Å²) in [5.41, 5.74) is 8.20. The topological polar surface area (TPSA) is 71.7 Å². The summed E-state index contributed by atoms with van der Waals surface area (Å²) in [5.74, 6) is 0.926. The van der Waals surface area contributed by atoms with Gasteiger partial charge in [0.15, 0.2) is 0 Å². The first-order valence-corrected chi connectivity index (χ1v) is 9.11. The molecule has 2 N–H and O–H groups in total. The van der Waals surface area contributed by atoms with E-state index in [9.17, 15) is 4.79 Å². The van der Waals surface area contributed by atoms with Gasteiger partial charge in [-0.25, -0.2) is 4.98 Å². The smallest absolute Gasteiger partial charge is 0.257 e. The van der Waals surface area contributed by atoms with E-state index in [0.29, 0.717) is 31.9 Å². The van der Waals surface area contributed by atoms with Gasteiger partial charge in [-0.1, -0.05) is 30.3 Å². The first-order valence-electron chi connectivity index (χ1n) is 9.11. The predicted octanol–water partition coefficient (Wildman–Crippen LogP) is 1.49. The van der Waals surface area contributed by atoms with E-state index in [1.54, 1.807) is 6.20 Å². The molecule has 1 aromatic heterocycles. The van der Waals surface area contributed by atoms with E-state index < -0.39 is 0 Å². The Morgan fingerprint density at radius 1 is 1.08 bits per heavy atom. The Balaban J connectivity index is 1.55. The van der Waals surface area contributed by atoms with Crippen molar-refractivity contribution in [2.45, 2.75) is 12.0 Å². The number of carbonyl (C=O) groups excluding carboxylic acids is 1. The van der Waals surface area contributed by atoms with E-state index in [1.165, 1.54) is 5.56 Å². The minimum absolute atomic E-state index is 0.00785. The van der Waals surface area contributed by atoms with Gasteiger partial charge in [-0.05, 0) is 17.7 Å². The van der Waals surface area contributed by atoms with Gasteiger partial charge in [-0.15, -0.1) is 0 Å². The van der Waals surface area contributed by atoms with E-state index >= 15 is 0 Å². The highest BCUT2D eigenvalue weighted by atomic mass is 16.5. The second kappa shape index (κ2) is 7.43. The average molecular weight is 352 g/mol. The summed E-state index contributed by atoms with van der Waals surface area (Å²) < 4.78 is 5.42. The van der Waals surface area contributed by atoms with Crippen molar-refractivity contribution in [3.63, 3.8) is 0 Å². The maximum Gasteiger partial charge on any atom is 0.257 e. The van der Waals surface area contributed by atoms with Gasteiger partial charge in [0, 0.05) is 44.3 Å². The second-order valence-electron chi connectivity index (χ2n) is 6.87. The predicted molar refractivity (Wildman–Crippen MR) is 100 cm³/mol. The van der Waals surface area contributed by atoms with Crippen molar-refractivity contribution in [2.24, 2.45) is 5.73 Å². The molecule has 136 valence electrons. The van der Waals surface area contributed by atoms with Crippen molar-refractivity contribution in [3.8, 4) is 0 Å². The molecule has 6 heteroatoms. The lowest BCUT2D eigenvalue weighted by Gasteiger charge is -2.29. The number of anilines is 1. The van der Waals surface area contributed by atoms with Crippen LogP contribution in [-0.4, -0.2) is 61.2 Å². The number of nitrogens with zero attached hydrogens (tertiary/aromatic N) is 3. The molecule has 1 aromatic carbocycles. The molecule has 3 heterocycles. The van der Waals surface area contributed by atoms with Gasteiger partial charge in [0.1, 0.15) is 5.82 Å². The molecule has 6 nitrogen and oxygen atoms in total. The van der Waals surface area contributed by atoms with Crippen LogP contribution in [0.25, 0.3) is 0 Å². The van der Waals surface area contributed by atoms with Crippen LogP contribution in [0.5, 0.6) is 0 Å². The molecule has 2 aromatic rings. The largest absolute Gasteiger partial charge is 0.378 e. The number of nitrogens with two attached hydrogens (primary N) is 1. The summed E-state index contributed by atoms with van der Waals surface area (Å²) in [6.07, 6.45) is 1.74. The summed E-state index contributed by atoms with van der Waals surface area (Å²) in [6, 6.07) is 13.8. The van der Waals surface area contributed by atoms with Crippen molar-refractivity contribution >= 4 is 11.7 Å². The number of rotatable bonds is 3. The molecule has 0 bridgehead atoms. The van der Waals surface area contributed by atoms with Gasteiger partial charge in [0.2, 0.25) is 0 Å².